The summed E-state index contributed by atoms with van der Waals surface area (Å²) in [6.45, 7) is 2.00. The number of nitrogen functional groups attached to an aromatic ring is 1. The van der Waals surface area contributed by atoms with Crippen LogP contribution in [0.5, 0.6) is 0 Å². The first-order chi connectivity index (χ1) is 9.65. The molecular weight excluding hydrogens is 272 g/mol. The number of rotatable bonds is 2. The third-order valence-corrected chi connectivity index (χ3v) is 3.31. The van der Waals surface area contributed by atoms with Crippen LogP contribution in [0.15, 0.2) is 42.7 Å². The van der Waals surface area contributed by atoms with Crippen LogP contribution in [0.1, 0.15) is 5.56 Å². The molecule has 0 bridgehead atoms. The summed E-state index contributed by atoms with van der Waals surface area (Å²) in [6.07, 6.45) is 3.46. The van der Waals surface area contributed by atoms with Gasteiger partial charge >= 0.3 is 0 Å². The van der Waals surface area contributed by atoms with Crippen molar-refractivity contribution < 1.29 is 0 Å². The Kier molecular flexibility index (Phi) is 3.16. The maximum Gasteiger partial charge on any atom is 0.153 e. The molecule has 5 heteroatoms. The average Bonchev–Trinajstić information content (AvgIpc) is 2.80. The number of aryl methyl sites for hydroxylation is 1. The van der Waals surface area contributed by atoms with E-state index in [1.807, 2.05) is 37.3 Å². The molecule has 0 atom stereocenters. The van der Waals surface area contributed by atoms with Crippen LogP contribution < -0.4 is 5.73 Å². The van der Waals surface area contributed by atoms with Gasteiger partial charge in [0.25, 0.3) is 0 Å². The lowest BCUT2D eigenvalue weighted by Gasteiger charge is -2.06. The van der Waals surface area contributed by atoms with E-state index in [-0.39, 0.29) is 0 Å². The topological polar surface area (TPSA) is 67.6 Å². The second-order valence-electron chi connectivity index (χ2n) is 4.61. The van der Waals surface area contributed by atoms with Crippen LogP contribution in [0.3, 0.4) is 0 Å². The largest absolute Gasteiger partial charge is 0.382 e. The molecule has 4 nitrogen and oxygen atoms in total. The second-order valence-corrected chi connectivity index (χ2v) is 5.05. The summed E-state index contributed by atoms with van der Waals surface area (Å²) in [5.74, 6) is 0.462. The van der Waals surface area contributed by atoms with E-state index < -0.39 is 0 Å². The Morgan fingerprint density at radius 1 is 1.10 bits per heavy atom. The number of halogens is 1. The molecule has 3 rings (SSSR count). The predicted octanol–water partition coefficient (Wildman–Crippen LogP) is 3.68. The molecule has 0 amide bonds. The molecule has 0 saturated heterocycles. The number of nitrogens with one attached hydrogen (secondary N) is 1. The Morgan fingerprint density at radius 3 is 2.55 bits per heavy atom. The van der Waals surface area contributed by atoms with Crippen molar-refractivity contribution in [2.24, 2.45) is 0 Å². The van der Waals surface area contributed by atoms with Gasteiger partial charge in [-0.1, -0.05) is 11.6 Å². The summed E-state index contributed by atoms with van der Waals surface area (Å²) in [6, 6.07) is 9.66. The van der Waals surface area contributed by atoms with E-state index in [0.717, 1.165) is 27.9 Å². The van der Waals surface area contributed by atoms with Gasteiger partial charge in [0.1, 0.15) is 0 Å². The molecule has 0 radical (unpaired) electrons. The summed E-state index contributed by atoms with van der Waals surface area (Å²) in [4.78, 5) is 4.02. The van der Waals surface area contributed by atoms with Crippen LogP contribution in [0.25, 0.3) is 22.4 Å². The van der Waals surface area contributed by atoms with E-state index in [4.69, 9.17) is 17.3 Å². The third kappa shape index (κ3) is 2.26. The molecule has 3 aromatic rings. The van der Waals surface area contributed by atoms with Gasteiger partial charge in [-0.25, -0.2) is 0 Å². The van der Waals surface area contributed by atoms with Crippen molar-refractivity contribution in [3.8, 4) is 22.4 Å². The Morgan fingerprint density at radius 2 is 1.85 bits per heavy atom. The maximum atomic E-state index is 6.13. The number of aromatic amines is 1. The molecule has 100 valence electrons. The maximum absolute atomic E-state index is 6.13. The van der Waals surface area contributed by atoms with Gasteiger partial charge < -0.3 is 5.73 Å². The van der Waals surface area contributed by atoms with E-state index in [1.54, 1.807) is 12.4 Å². The fourth-order valence-corrected chi connectivity index (χ4v) is 2.55. The summed E-state index contributed by atoms with van der Waals surface area (Å²) < 4.78 is 0. The Labute approximate surface area is 121 Å². The van der Waals surface area contributed by atoms with Crippen molar-refractivity contribution in [1.29, 1.82) is 0 Å². The van der Waals surface area contributed by atoms with Crippen LogP contribution in [0, 0.1) is 6.92 Å². The number of nitrogens with zero attached hydrogens (tertiary/aromatic N) is 2. The number of hydrogen-bond acceptors (Lipinski definition) is 3. The number of aromatic nitrogens is 3. The number of anilines is 1. The molecule has 1 aromatic carbocycles. The predicted molar refractivity (Wildman–Crippen MR) is 81.4 cm³/mol. The van der Waals surface area contributed by atoms with E-state index in [2.05, 4.69) is 15.2 Å². The van der Waals surface area contributed by atoms with Gasteiger partial charge in [-0.3, -0.25) is 10.1 Å². The minimum atomic E-state index is 0.462. The van der Waals surface area contributed by atoms with Crippen molar-refractivity contribution >= 4 is 17.4 Å². The Bertz CT molecular complexity index is 730. The van der Waals surface area contributed by atoms with Crippen molar-refractivity contribution in [1.82, 2.24) is 15.2 Å². The lowest BCUT2D eigenvalue weighted by atomic mass is 10.0. The van der Waals surface area contributed by atoms with Gasteiger partial charge in [0.2, 0.25) is 0 Å². The second kappa shape index (κ2) is 4.98. The first kappa shape index (κ1) is 12.7. The highest BCUT2D eigenvalue weighted by atomic mass is 35.5. The normalized spacial score (nSPS) is 10.7. The summed E-state index contributed by atoms with van der Waals surface area (Å²) in [5, 5.41) is 7.80. The molecular formula is C15H13ClN4. The molecule has 20 heavy (non-hydrogen) atoms. The third-order valence-electron chi connectivity index (χ3n) is 3.09. The van der Waals surface area contributed by atoms with Gasteiger partial charge in [0.05, 0.1) is 11.3 Å². The van der Waals surface area contributed by atoms with E-state index in [1.165, 1.54) is 0 Å². The number of pyridine rings is 1. The van der Waals surface area contributed by atoms with Gasteiger partial charge in [-0.15, -0.1) is 0 Å². The first-order valence-corrected chi connectivity index (χ1v) is 6.55. The highest BCUT2D eigenvalue weighted by molar-refractivity contribution is 6.31. The number of benzene rings is 1. The van der Waals surface area contributed by atoms with Crippen LogP contribution in [-0.4, -0.2) is 15.2 Å². The molecule has 2 heterocycles. The zero-order valence-electron chi connectivity index (χ0n) is 10.9. The number of H-pyrrole nitrogens is 1. The number of hydrogen-bond donors (Lipinski definition) is 2. The van der Waals surface area contributed by atoms with Gasteiger partial charge in [0.15, 0.2) is 5.82 Å². The van der Waals surface area contributed by atoms with E-state index in [0.29, 0.717) is 10.8 Å². The first-order valence-electron chi connectivity index (χ1n) is 6.17. The molecule has 0 spiro atoms. The number of nitrogens with two attached hydrogens (primary N) is 1. The minimum Gasteiger partial charge on any atom is -0.382 e. The minimum absolute atomic E-state index is 0.462. The fraction of sp³-hybridized carbons (Fsp3) is 0.0667. The molecule has 3 N–H and O–H groups in total. The molecule has 0 saturated carbocycles. The summed E-state index contributed by atoms with van der Waals surface area (Å²) >= 11 is 6.13. The van der Waals surface area contributed by atoms with Crippen molar-refractivity contribution in [2.45, 2.75) is 6.92 Å². The molecule has 0 aliphatic carbocycles. The molecule has 2 aromatic heterocycles. The summed E-state index contributed by atoms with van der Waals surface area (Å²) in [7, 11) is 0. The monoisotopic (exact) mass is 284 g/mol. The quantitative estimate of drug-likeness (QED) is 0.754. The van der Waals surface area contributed by atoms with E-state index in [9.17, 15) is 0 Å². The fourth-order valence-electron chi connectivity index (χ4n) is 2.26. The highest BCUT2D eigenvalue weighted by Gasteiger charge is 2.15. The lowest BCUT2D eigenvalue weighted by Crippen LogP contribution is -1.89. The Hall–Kier alpha value is -2.33. The molecule has 0 aliphatic rings. The van der Waals surface area contributed by atoms with Crippen molar-refractivity contribution in [2.75, 3.05) is 5.73 Å². The van der Waals surface area contributed by atoms with Crippen LogP contribution in [0.4, 0.5) is 5.82 Å². The van der Waals surface area contributed by atoms with Crippen molar-refractivity contribution in [3.05, 3.63) is 53.3 Å². The zero-order valence-corrected chi connectivity index (χ0v) is 11.6. The molecule has 0 unspecified atom stereocenters. The smallest absolute Gasteiger partial charge is 0.153 e. The molecule has 0 fully saturated rings. The zero-order chi connectivity index (χ0) is 14.1. The van der Waals surface area contributed by atoms with Crippen LogP contribution in [-0.2, 0) is 0 Å². The van der Waals surface area contributed by atoms with Crippen LogP contribution in [0.2, 0.25) is 5.02 Å². The average molecular weight is 285 g/mol. The standard InChI is InChI=1S/C15H13ClN4/c1-9-6-11(8-12(16)7-9)14-13(15(17)20-19-14)10-2-4-18-5-3-10/h2-8H,1H3,(H3,17,19,20). The van der Waals surface area contributed by atoms with Gasteiger partial charge in [-0.05, 0) is 48.4 Å². The summed E-state index contributed by atoms with van der Waals surface area (Å²) in [5.41, 5.74) is 10.7. The van der Waals surface area contributed by atoms with Crippen LogP contribution >= 0.6 is 11.6 Å². The van der Waals surface area contributed by atoms with Gasteiger partial charge in [-0.2, -0.15) is 5.10 Å². The van der Waals surface area contributed by atoms with E-state index >= 15 is 0 Å². The van der Waals surface area contributed by atoms with Gasteiger partial charge in [0, 0.05) is 23.0 Å². The SMILES string of the molecule is Cc1cc(Cl)cc(-c2[nH]nc(N)c2-c2ccncc2)c1. The highest BCUT2D eigenvalue weighted by Crippen LogP contribution is 2.35. The lowest BCUT2D eigenvalue weighted by molar-refractivity contribution is 1.10. The molecule has 0 aliphatic heterocycles. The Balaban J connectivity index is 2.21. The van der Waals surface area contributed by atoms with Crippen molar-refractivity contribution in [3.63, 3.8) is 0 Å².